The first kappa shape index (κ1) is 16.9. The molecule has 2 N–H and O–H groups in total. The maximum atomic E-state index is 13.6. The lowest BCUT2D eigenvalue weighted by Gasteiger charge is -2.11. The van der Waals surface area contributed by atoms with E-state index in [0.29, 0.717) is 11.4 Å². The molecule has 0 aliphatic rings. The zero-order valence-electron chi connectivity index (χ0n) is 13.2. The van der Waals surface area contributed by atoms with Gasteiger partial charge < -0.3 is 10.1 Å². The highest BCUT2D eigenvalue weighted by Gasteiger charge is 2.07. The topological polar surface area (TPSA) is 45.6 Å². The average molecular weight is 331 g/mol. The molecule has 2 aromatic rings. The van der Waals surface area contributed by atoms with Crippen LogP contribution in [-0.4, -0.2) is 17.9 Å². The molecule has 6 heteroatoms. The first-order chi connectivity index (χ1) is 11.0. The number of anilines is 1. The van der Waals surface area contributed by atoms with E-state index in [0.717, 1.165) is 16.9 Å². The minimum Gasteiger partial charge on any atom is -0.496 e. The Morgan fingerprint density at radius 1 is 1.22 bits per heavy atom. The predicted molar refractivity (Wildman–Crippen MR) is 95.7 cm³/mol. The van der Waals surface area contributed by atoms with Crippen molar-refractivity contribution in [2.45, 2.75) is 13.8 Å². The van der Waals surface area contributed by atoms with Crippen molar-refractivity contribution >= 4 is 28.7 Å². The smallest absolute Gasteiger partial charge is 0.191 e. The number of thiocarbonyl (C=S) groups is 1. The summed E-state index contributed by atoms with van der Waals surface area (Å²) in [4.78, 5) is 0. The van der Waals surface area contributed by atoms with Gasteiger partial charge in [0.25, 0.3) is 0 Å². The van der Waals surface area contributed by atoms with Crippen LogP contribution in [0.2, 0.25) is 0 Å². The van der Waals surface area contributed by atoms with E-state index in [4.69, 9.17) is 17.0 Å². The number of ether oxygens (including phenoxy) is 1. The number of methoxy groups -OCH3 is 1. The molecule has 23 heavy (non-hydrogen) atoms. The van der Waals surface area contributed by atoms with Crippen LogP contribution < -0.4 is 15.5 Å². The number of nitrogens with one attached hydrogen (secondary N) is 2. The Morgan fingerprint density at radius 3 is 2.65 bits per heavy atom. The third kappa shape index (κ3) is 4.50. The van der Waals surface area contributed by atoms with Crippen LogP contribution in [-0.2, 0) is 0 Å². The number of nitrogens with zero attached hydrogens (tertiary/aromatic N) is 1. The molecular weight excluding hydrogens is 313 g/mol. The molecule has 0 unspecified atom stereocenters. The highest BCUT2D eigenvalue weighted by atomic mass is 32.1. The molecule has 2 aromatic carbocycles. The molecule has 2 rings (SSSR count). The summed E-state index contributed by atoms with van der Waals surface area (Å²) in [6, 6.07) is 12.1. The van der Waals surface area contributed by atoms with Crippen molar-refractivity contribution < 1.29 is 9.13 Å². The van der Waals surface area contributed by atoms with Crippen molar-refractivity contribution in [2.75, 3.05) is 12.4 Å². The summed E-state index contributed by atoms with van der Waals surface area (Å²) in [6.45, 7) is 3.84. The number of para-hydroxylation sites is 1. The molecule has 0 amide bonds. The Labute approximate surface area is 140 Å². The molecule has 4 nitrogen and oxygen atoms in total. The molecule has 120 valence electrons. The SMILES string of the molecule is COc1ccc(C)cc1/C(C)=N\NC(=S)Nc1ccccc1F. The number of hydrazone groups is 1. The van der Waals surface area contributed by atoms with Crippen LogP contribution in [0.3, 0.4) is 0 Å². The first-order valence-electron chi connectivity index (χ1n) is 7.02. The fourth-order valence-electron chi connectivity index (χ4n) is 2.01. The number of halogens is 1. The zero-order chi connectivity index (χ0) is 16.8. The molecule has 0 aliphatic carbocycles. The molecule has 0 atom stereocenters. The molecule has 0 heterocycles. The van der Waals surface area contributed by atoms with Crippen molar-refractivity contribution in [1.29, 1.82) is 0 Å². The minimum atomic E-state index is -0.377. The lowest BCUT2D eigenvalue weighted by molar-refractivity contribution is 0.414. The molecule has 0 aliphatic heterocycles. The van der Waals surface area contributed by atoms with Crippen molar-refractivity contribution in [3.8, 4) is 5.75 Å². The molecule has 0 aromatic heterocycles. The summed E-state index contributed by atoms with van der Waals surface area (Å²) in [5.74, 6) is 0.351. The molecule has 0 saturated heterocycles. The zero-order valence-corrected chi connectivity index (χ0v) is 14.0. The molecule has 0 fully saturated rings. The standard InChI is InChI=1S/C17H18FN3OS/c1-11-8-9-16(22-3)13(10-11)12(2)20-21-17(23)19-15-7-5-4-6-14(15)18/h4-10H,1-3H3,(H2,19,21,23)/b20-12-. The van der Waals surface area contributed by atoms with Crippen LogP contribution >= 0.6 is 12.2 Å². The van der Waals surface area contributed by atoms with Gasteiger partial charge in [-0.1, -0.05) is 23.8 Å². The van der Waals surface area contributed by atoms with Gasteiger partial charge in [-0.3, -0.25) is 5.43 Å². The quantitative estimate of drug-likeness (QED) is 0.507. The Kier molecular flexibility index (Phi) is 5.65. The fraction of sp³-hybridized carbons (Fsp3) is 0.176. The van der Waals surface area contributed by atoms with Gasteiger partial charge in [0.05, 0.1) is 18.5 Å². The second kappa shape index (κ2) is 7.69. The van der Waals surface area contributed by atoms with E-state index in [1.54, 1.807) is 25.3 Å². The van der Waals surface area contributed by atoms with Gasteiger partial charge in [-0.25, -0.2) is 4.39 Å². The van der Waals surface area contributed by atoms with Gasteiger partial charge >= 0.3 is 0 Å². The van der Waals surface area contributed by atoms with E-state index < -0.39 is 0 Å². The van der Waals surface area contributed by atoms with E-state index >= 15 is 0 Å². The summed E-state index contributed by atoms with van der Waals surface area (Å²) in [7, 11) is 1.61. The predicted octanol–water partition coefficient (Wildman–Crippen LogP) is 3.85. The van der Waals surface area contributed by atoms with Crippen LogP contribution in [0.15, 0.2) is 47.6 Å². The van der Waals surface area contributed by atoms with Gasteiger partial charge in [-0.15, -0.1) is 0 Å². The van der Waals surface area contributed by atoms with Crippen molar-refractivity contribution in [2.24, 2.45) is 5.10 Å². The van der Waals surface area contributed by atoms with Crippen LogP contribution in [0, 0.1) is 12.7 Å². The van der Waals surface area contributed by atoms with Crippen molar-refractivity contribution in [3.05, 3.63) is 59.4 Å². The van der Waals surface area contributed by atoms with E-state index in [1.807, 2.05) is 32.0 Å². The van der Waals surface area contributed by atoms with Gasteiger partial charge in [0.15, 0.2) is 5.11 Å². The third-order valence-corrected chi connectivity index (χ3v) is 3.39. The van der Waals surface area contributed by atoms with Gasteiger partial charge in [-0.2, -0.15) is 5.10 Å². The first-order valence-corrected chi connectivity index (χ1v) is 7.43. The second-order valence-corrected chi connectivity index (χ2v) is 5.35. The molecule has 0 radical (unpaired) electrons. The summed E-state index contributed by atoms with van der Waals surface area (Å²) in [5.41, 5.74) is 5.69. The number of hydrogen-bond acceptors (Lipinski definition) is 3. The Hall–Kier alpha value is -2.47. The summed E-state index contributed by atoms with van der Waals surface area (Å²) in [5, 5.41) is 7.20. The van der Waals surface area contributed by atoms with E-state index in [2.05, 4.69) is 15.8 Å². The van der Waals surface area contributed by atoms with Crippen LogP contribution in [0.1, 0.15) is 18.1 Å². The number of aryl methyl sites for hydroxylation is 1. The Balaban J connectivity index is 2.09. The molecular formula is C17H18FN3OS. The van der Waals surface area contributed by atoms with Crippen molar-refractivity contribution in [1.82, 2.24) is 5.43 Å². The van der Waals surface area contributed by atoms with Crippen LogP contribution in [0.4, 0.5) is 10.1 Å². The van der Waals surface area contributed by atoms with Gasteiger partial charge in [-0.05, 0) is 50.3 Å². The fourth-order valence-corrected chi connectivity index (χ4v) is 2.17. The largest absolute Gasteiger partial charge is 0.496 e. The molecule has 0 spiro atoms. The normalized spacial score (nSPS) is 11.0. The third-order valence-electron chi connectivity index (χ3n) is 3.19. The summed E-state index contributed by atoms with van der Waals surface area (Å²) < 4.78 is 18.9. The van der Waals surface area contributed by atoms with Crippen LogP contribution in [0.5, 0.6) is 5.75 Å². The van der Waals surface area contributed by atoms with Crippen LogP contribution in [0.25, 0.3) is 0 Å². The van der Waals surface area contributed by atoms with E-state index in [1.165, 1.54) is 6.07 Å². The minimum absolute atomic E-state index is 0.209. The van der Waals surface area contributed by atoms with Gasteiger partial charge in [0.2, 0.25) is 0 Å². The average Bonchev–Trinajstić information content (AvgIpc) is 2.54. The highest BCUT2D eigenvalue weighted by molar-refractivity contribution is 7.80. The molecule has 0 bridgehead atoms. The number of benzene rings is 2. The Morgan fingerprint density at radius 2 is 1.96 bits per heavy atom. The van der Waals surface area contributed by atoms with Gasteiger partial charge in [0, 0.05) is 5.56 Å². The maximum absolute atomic E-state index is 13.6. The maximum Gasteiger partial charge on any atom is 0.191 e. The summed E-state index contributed by atoms with van der Waals surface area (Å²) >= 11 is 5.12. The van der Waals surface area contributed by atoms with Crippen molar-refractivity contribution in [3.63, 3.8) is 0 Å². The number of rotatable bonds is 4. The Bertz CT molecular complexity index is 746. The van der Waals surface area contributed by atoms with E-state index in [-0.39, 0.29) is 10.9 Å². The summed E-state index contributed by atoms with van der Waals surface area (Å²) in [6.07, 6.45) is 0. The number of hydrogen-bond donors (Lipinski definition) is 2. The monoisotopic (exact) mass is 331 g/mol. The highest BCUT2D eigenvalue weighted by Crippen LogP contribution is 2.20. The van der Waals surface area contributed by atoms with E-state index in [9.17, 15) is 4.39 Å². The molecule has 0 saturated carbocycles. The second-order valence-electron chi connectivity index (χ2n) is 4.95. The lowest BCUT2D eigenvalue weighted by atomic mass is 10.1. The van der Waals surface area contributed by atoms with Gasteiger partial charge in [0.1, 0.15) is 11.6 Å². The lowest BCUT2D eigenvalue weighted by Crippen LogP contribution is -2.25.